The molecule has 1 saturated heterocycles. The van der Waals surface area contributed by atoms with Crippen molar-refractivity contribution >= 4 is 11.9 Å². The summed E-state index contributed by atoms with van der Waals surface area (Å²) in [6.45, 7) is 3.10. The van der Waals surface area contributed by atoms with Crippen LogP contribution in [0.1, 0.15) is 32.1 Å². The summed E-state index contributed by atoms with van der Waals surface area (Å²) in [5.41, 5.74) is 0. The summed E-state index contributed by atoms with van der Waals surface area (Å²) in [5, 5.41) is 0. The summed E-state index contributed by atoms with van der Waals surface area (Å²) >= 11 is 0. The minimum atomic E-state index is -0.228. The lowest BCUT2D eigenvalue weighted by Gasteiger charge is -2.09. The van der Waals surface area contributed by atoms with Crippen LogP contribution in [-0.4, -0.2) is 64.8 Å². The predicted molar refractivity (Wildman–Crippen MR) is 77.5 cm³/mol. The van der Waals surface area contributed by atoms with Crippen LogP contribution in [0.5, 0.6) is 0 Å². The van der Waals surface area contributed by atoms with E-state index >= 15 is 0 Å². The van der Waals surface area contributed by atoms with Crippen LogP contribution in [0.3, 0.4) is 0 Å². The van der Waals surface area contributed by atoms with E-state index in [1.807, 2.05) is 0 Å². The van der Waals surface area contributed by atoms with E-state index in [-0.39, 0.29) is 25.2 Å². The van der Waals surface area contributed by atoms with Crippen molar-refractivity contribution in [3.63, 3.8) is 0 Å². The normalized spacial score (nSPS) is 22.4. The average molecular weight is 318 g/mol. The molecule has 0 unspecified atom stereocenters. The summed E-state index contributed by atoms with van der Waals surface area (Å²) in [6, 6.07) is 0. The first kappa shape index (κ1) is 18.9. The van der Waals surface area contributed by atoms with Crippen LogP contribution in [-0.2, 0) is 33.3 Å². The van der Waals surface area contributed by atoms with Gasteiger partial charge < -0.3 is 23.7 Å². The van der Waals surface area contributed by atoms with Gasteiger partial charge in [0.2, 0.25) is 0 Å². The van der Waals surface area contributed by atoms with Gasteiger partial charge in [0.15, 0.2) is 0 Å². The fraction of sp³-hybridized carbons (Fsp3) is 0.867. The molecule has 0 radical (unpaired) electrons. The second-order valence-electron chi connectivity index (χ2n) is 4.84. The highest BCUT2D eigenvalue weighted by Gasteiger charge is 2.05. The van der Waals surface area contributed by atoms with Crippen LogP contribution >= 0.6 is 0 Å². The molecule has 0 saturated carbocycles. The smallest absolute Gasteiger partial charge is 0.305 e. The van der Waals surface area contributed by atoms with E-state index in [0.717, 1.165) is 6.42 Å². The Morgan fingerprint density at radius 2 is 0.864 bits per heavy atom. The van der Waals surface area contributed by atoms with Crippen LogP contribution in [0.4, 0.5) is 0 Å². The SMILES string of the molecule is O=C1CCCCCC(=O)OCCOCCOCCOCCO1. The Hall–Kier alpha value is -1.18. The zero-order valence-corrected chi connectivity index (χ0v) is 13.1. The standard InChI is InChI=1S/C15H26O7/c16-14-4-2-1-3-5-15(17)22-13-11-20-9-7-18-6-8-19-10-12-21-14/h1-13H2. The molecule has 128 valence electrons. The van der Waals surface area contributed by atoms with E-state index in [2.05, 4.69) is 0 Å². The summed E-state index contributed by atoms with van der Waals surface area (Å²) in [5.74, 6) is -0.456. The van der Waals surface area contributed by atoms with Crippen molar-refractivity contribution in [1.29, 1.82) is 0 Å². The van der Waals surface area contributed by atoms with E-state index < -0.39 is 0 Å². The van der Waals surface area contributed by atoms with E-state index in [1.165, 1.54) is 0 Å². The van der Waals surface area contributed by atoms with Crippen molar-refractivity contribution in [2.75, 3.05) is 52.9 Å². The first-order valence-corrected chi connectivity index (χ1v) is 7.83. The van der Waals surface area contributed by atoms with Crippen LogP contribution in [0.15, 0.2) is 0 Å². The quantitative estimate of drug-likeness (QED) is 0.618. The van der Waals surface area contributed by atoms with Gasteiger partial charge in [-0.15, -0.1) is 0 Å². The fourth-order valence-corrected chi connectivity index (χ4v) is 1.83. The number of hydrogen-bond donors (Lipinski definition) is 0. The van der Waals surface area contributed by atoms with Gasteiger partial charge in [-0.2, -0.15) is 0 Å². The third kappa shape index (κ3) is 11.5. The van der Waals surface area contributed by atoms with Gasteiger partial charge in [-0.05, 0) is 12.8 Å². The third-order valence-corrected chi connectivity index (χ3v) is 2.99. The first-order valence-electron chi connectivity index (χ1n) is 7.83. The molecule has 1 heterocycles. The van der Waals surface area contributed by atoms with Crippen LogP contribution in [0.2, 0.25) is 0 Å². The number of carbonyl (C=O) groups is 2. The maximum absolute atomic E-state index is 11.4. The minimum absolute atomic E-state index is 0.228. The zero-order chi connectivity index (χ0) is 15.9. The molecule has 7 heteroatoms. The molecular weight excluding hydrogens is 292 g/mol. The Morgan fingerprint density at radius 1 is 0.500 bits per heavy atom. The summed E-state index contributed by atoms with van der Waals surface area (Å²) in [4.78, 5) is 22.8. The number of carbonyl (C=O) groups excluding carboxylic acids is 2. The fourth-order valence-electron chi connectivity index (χ4n) is 1.83. The van der Waals surface area contributed by atoms with E-state index in [9.17, 15) is 9.59 Å². The molecule has 0 atom stereocenters. The van der Waals surface area contributed by atoms with Gasteiger partial charge in [0, 0.05) is 12.8 Å². The van der Waals surface area contributed by atoms with Crippen LogP contribution < -0.4 is 0 Å². The Kier molecular flexibility index (Phi) is 11.6. The molecule has 1 fully saturated rings. The number of rotatable bonds is 0. The third-order valence-electron chi connectivity index (χ3n) is 2.99. The van der Waals surface area contributed by atoms with Crippen LogP contribution in [0.25, 0.3) is 0 Å². The Labute approximate surface area is 131 Å². The van der Waals surface area contributed by atoms with E-state index in [1.54, 1.807) is 0 Å². The van der Waals surface area contributed by atoms with Crippen molar-refractivity contribution < 1.29 is 33.3 Å². The number of ether oxygens (including phenoxy) is 5. The van der Waals surface area contributed by atoms with Crippen molar-refractivity contribution in [1.82, 2.24) is 0 Å². The molecule has 0 N–H and O–H groups in total. The Balaban J connectivity index is 2.18. The zero-order valence-electron chi connectivity index (χ0n) is 13.1. The van der Waals surface area contributed by atoms with Gasteiger partial charge in [0.1, 0.15) is 13.2 Å². The molecule has 1 aliphatic heterocycles. The number of hydrogen-bond acceptors (Lipinski definition) is 7. The second-order valence-corrected chi connectivity index (χ2v) is 4.84. The second kappa shape index (κ2) is 13.5. The number of esters is 2. The monoisotopic (exact) mass is 318 g/mol. The summed E-state index contributed by atoms with van der Waals surface area (Å²) in [6.07, 6.45) is 2.96. The van der Waals surface area contributed by atoms with Crippen molar-refractivity contribution in [2.24, 2.45) is 0 Å². The molecule has 1 aliphatic rings. The topological polar surface area (TPSA) is 80.3 Å². The van der Waals surface area contributed by atoms with Crippen molar-refractivity contribution in [3.05, 3.63) is 0 Å². The molecule has 22 heavy (non-hydrogen) atoms. The van der Waals surface area contributed by atoms with Gasteiger partial charge in [-0.1, -0.05) is 6.42 Å². The maximum Gasteiger partial charge on any atom is 0.305 e. The van der Waals surface area contributed by atoms with Crippen molar-refractivity contribution in [2.45, 2.75) is 32.1 Å². The molecule has 0 spiro atoms. The Bertz CT molecular complexity index is 278. The van der Waals surface area contributed by atoms with Gasteiger partial charge in [-0.3, -0.25) is 9.59 Å². The predicted octanol–water partition coefficient (Wildman–Crippen LogP) is 1.09. The molecule has 0 aromatic rings. The lowest BCUT2D eigenvalue weighted by atomic mass is 10.1. The molecule has 0 bridgehead atoms. The molecule has 0 aliphatic carbocycles. The van der Waals surface area contributed by atoms with Gasteiger partial charge >= 0.3 is 11.9 Å². The van der Waals surface area contributed by atoms with E-state index in [0.29, 0.717) is 65.3 Å². The molecule has 7 nitrogen and oxygen atoms in total. The highest BCUT2D eigenvalue weighted by Crippen LogP contribution is 2.05. The average Bonchev–Trinajstić information content (AvgIpc) is 2.50. The number of cyclic esters (lactones) is 2. The first-order chi connectivity index (χ1) is 10.8. The lowest BCUT2D eigenvalue weighted by Crippen LogP contribution is -2.15. The van der Waals surface area contributed by atoms with Gasteiger partial charge in [-0.25, -0.2) is 0 Å². The minimum Gasteiger partial charge on any atom is -0.463 e. The highest BCUT2D eigenvalue weighted by atomic mass is 16.6. The molecule has 0 amide bonds. The van der Waals surface area contributed by atoms with E-state index in [4.69, 9.17) is 23.7 Å². The molecular formula is C15H26O7. The van der Waals surface area contributed by atoms with Gasteiger partial charge in [0.05, 0.1) is 39.6 Å². The Morgan fingerprint density at radius 3 is 1.27 bits per heavy atom. The summed E-state index contributed by atoms with van der Waals surface area (Å²) in [7, 11) is 0. The maximum atomic E-state index is 11.4. The molecule has 0 aromatic carbocycles. The van der Waals surface area contributed by atoms with Crippen LogP contribution in [0, 0.1) is 0 Å². The summed E-state index contributed by atoms with van der Waals surface area (Å²) < 4.78 is 25.9. The molecule has 1 rings (SSSR count). The highest BCUT2D eigenvalue weighted by molar-refractivity contribution is 5.69. The van der Waals surface area contributed by atoms with Gasteiger partial charge in [0.25, 0.3) is 0 Å². The van der Waals surface area contributed by atoms with Crippen molar-refractivity contribution in [3.8, 4) is 0 Å². The largest absolute Gasteiger partial charge is 0.463 e. The molecule has 0 aromatic heterocycles. The lowest BCUT2D eigenvalue weighted by molar-refractivity contribution is -0.145.